The fourth-order valence-corrected chi connectivity index (χ4v) is 2.44. The summed E-state index contributed by atoms with van der Waals surface area (Å²) in [6.07, 6.45) is 0. The Labute approximate surface area is 175 Å². The third-order valence-corrected chi connectivity index (χ3v) is 4.00. The molecule has 2 nitrogen and oxygen atoms in total. The van der Waals surface area contributed by atoms with Crippen LogP contribution in [0.15, 0.2) is 18.2 Å². The summed E-state index contributed by atoms with van der Waals surface area (Å²) < 4.78 is 172. The van der Waals surface area contributed by atoms with Crippen LogP contribution >= 0.6 is 0 Å². The molecule has 0 amide bonds. The summed E-state index contributed by atoms with van der Waals surface area (Å²) >= 11 is 0. The Hall–Kier alpha value is -3.52. The van der Waals surface area contributed by atoms with Crippen molar-refractivity contribution in [3.05, 3.63) is 88.0 Å². The van der Waals surface area contributed by atoms with E-state index in [9.17, 15) is 52.7 Å². The lowest BCUT2D eigenvalue weighted by atomic mass is 9.78. The molecule has 174 valence electrons. The lowest BCUT2D eigenvalue weighted by molar-refractivity contribution is 0.316. The van der Waals surface area contributed by atoms with Crippen LogP contribution in [0.2, 0.25) is 0 Å². The zero-order chi connectivity index (χ0) is 24.8. The van der Waals surface area contributed by atoms with Crippen LogP contribution in [0.4, 0.5) is 52.7 Å². The first-order chi connectivity index (χ1) is 15.4. The van der Waals surface area contributed by atoms with Crippen molar-refractivity contribution in [1.82, 2.24) is 0 Å². The highest BCUT2D eigenvalue weighted by atomic mass is 19.2. The molecule has 0 saturated heterocycles. The molecule has 0 aliphatic carbocycles. The molecule has 0 fully saturated rings. The highest BCUT2D eigenvalue weighted by molar-refractivity contribution is 6.62. The standard InChI is InChI=1S/C18H3BF12O2/c20-4-1-2-6(21)5(3-4)19(32-17-13(28)9(24)7(22)10(25)14(17)29)33-18-15(30)11(26)8(23)12(27)16(18)31/h1-3H. The van der Waals surface area contributed by atoms with Crippen LogP contribution in [-0.4, -0.2) is 7.12 Å². The van der Waals surface area contributed by atoms with Crippen molar-refractivity contribution < 1.29 is 62.0 Å². The van der Waals surface area contributed by atoms with Gasteiger partial charge in [0.05, 0.1) is 5.46 Å². The molecule has 15 heteroatoms. The third-order valence-electron chi connectivity index (χ3n) is 4.00. The minimum Gasteiger partial charge on any atom is -0.518 e. The van der Waals surface area contributed by atoms with Gasteiger partial charge in [-0.15, -0.1) is 0 Å². The molecular formula is C18H3BF12O2. The van der Waals surface area contributed by atoms with Crippen molar-refractivity contribution in [2.75, 3.05) is 0 Å². The predicted molar refractivity (Wildman–Crippen MR) is 85.5 cm³/mol. The Morgan fingerprint density at radius 1 is 0.455 bits per heavy atom. The average Bonchev–Trinajstić information content (AvgIpc) is 2.79. The molecule has 0 bridgehead atoms. The van der Waals surface area contributed by atoms with E-state index < -0.39 is 93.9 Å². The second-order valence-electron chi connectivity index (χ2n) is 6.03. The van der Waals surface area contributed by atoms with Gasteiger partial charge in [-0.1, -0.05) is 0 Å². The van der Waals surface area contributed by atoms with Crippen LogP contribution < -0.4 is 14.8 Å². The average molecular weight is 490 g/mol. The molecule has 33 heavy (non-hydrogen) atoms. The van der Waals surface area contributed by atoms with Crippen LogP contribution in [0.1, 0.15) is 0 Å². The molecular weight excluding hydrogens is 487 g/mol. The Balaban J connectivity index is 2.22. The summed E-state index contributed by atoms with van der Waals surface area (Å²) in [6.45, 7) is 0. The van der Waals surface area contributed by atoms with Crippen molar-refractivity contribution >= 4 is 12.6 Å². The van der Waals surface area contributed by atoms with E-state index in [2.05, 4.69) is 9.31 Å². The number of hydrogen-bond donors (Lipinski definition) is 0. The maximum Gasteiger partial charge on any atom is 0.636 e. The van der Waals surface area contributed by atoms with Gasteiger partial charge in [0.1, 0.15) is 11.6 Å². The summed E-state index contributed by atoms with van der Waals surface area (Å²) in [4.78, 5) is 0. The van der Waals surface area contributed by atoms with E-state index in [1.165, 1.54) is 0 Å². The van der Waals surface area contributed by atoms with Crippen molar-refractivity contribution in [2.45, 2.75) is 0 Å². The minimum atomic E-state index is -3.03. The van der Waals surface area contributed by atoms with Gasteiger partial charge in [-0.2, -0.15) is 17.6 Å². The number of halogens is 12. The van der Waals surface area contributed by atoms with Gasteiger partial charge < -0.3 is 9.31 Å². The first kappa shape index (κ1) is 24.1. The molecule has 0 saturated carbocycles. The molecule has 0 spiro atoms. The quantitative estimate of drug-likeness (QED) is 0.212. The summed E-state index contributed by atoms with van der Waals surface area (Å²) in [6, 6.07) is 0.923. The highest BCUT2D eigenvalue weighted by Gasteiger charge is 2.38. The lowest BCUT2D eigenvalue weighted by Crippen LogP contribution is -2.45. The van der Waals surface area contributed by atoms with Crippen molar-refractivity contribution in [3.8, 4) is 11.5 Å². The molecule has 0 heterocycles. The molecule has 0 aliphatic rings. The molecule has 3 rings (SSSR count). The first-order valence-electron chi connectivity index (χ1n) is 8.17. The molecule has 3 aromatic rings. The summed E-state index contributed by atoms with van der Waals surface area (Å²) in [5.74, 6) is -33.6. The zero-order valence-corrected chi connectivity index (χ0v) is 15.2. The maximum absolute atomic E-state index is 14.2. The Morgan fingerprint density at radius 3 is 1.15 bits per heavy atom. The van der Waals surface area contributed by atoms with Crippen LogP contribution in [0, 0.1) is 69.8 Å². The molecule has 0 atom stereocenters. The van der Waals surface area contributed by atoms with Gasteiger partial charge in [0, 0.05) is 0 Å². The van der Waals surface area contributed by atoms with Crippen LogP contribution in [0.3, 0.4) is 0 Å². The molecule has 0 radical (unpaired) electrons. The number of rotatable bonds is 5. The SMILES string of the molecule is Fc1ccc(F)c(B(Oc2c(F)c(F)c(F)c(F)c2F)Oc2c(F)c(F)c(F)c(F)c2F)c1. The van der Waals surface area contributed by atoms with Gasteiger partial charge >= 0.3 is 7.12 Å². The minimum absolute atomic E-state index is 0.137. The van der Waals surface area contributed by atoms with E-state index in [0.29, 0.717) is 12.1 Å². The Morgan fingerprint density at radius 2 is 0.788 bits per heavy atom. The normalized spacial score (nSPS) is 11.0. The maximum atomic E-state index is 14.2. The topological polar surface area (TPSA) is 18.5 Å². The van der Waals surface area contributed by atoms with Gasteiger partial charge in [0.15, 0.2) is 11.5 Å². The largest absolute Gasteiger partial charge is 0.636 e. The zero-order valence-electron chi connectivity index (χ0n) is 15.2. The van der Waals surface area contributed by atoms with Crippen LogP contribution in [-0.2, 0) is 0 Å². The summed E-state index contributed by atoms with van der Waals surface area (Å²) in [5, 5.41) is 0. The predicted octanol–water partition coefficient (Wildman–Crippen LogP) is 5.21. The molecule has 0 N–H and O–H groups in total. The van der Waals surface area contributed by atoms with Gasteiger partial charge in [0.25, 0.3) is 0 Å². The van der Waals surface area contributed by atoms with Crippen molar-refractivity contribution in [1.29, 1.82) is 0 Å². The lowest BCUT2D eigenvalue weighted by Gasteiger charge is -2.19. The second-order valence-corrected chi connectivity index (χ2v) is 6.03. The van der Waals surface area contributed by atoms with Crippen molar-refractivity contribution in [3.63, 3.8) is 0 Å². The van der Waals surface area contributed by atoms with Gasteiger partial charge in [-0.3, -0.25) is 0 Å². The van der Waals surface area contributed by atoms with Gasteiger partial charge in [-0.25, -0.2) is 35.1 Å². The monoisotopic (exact) mass is 490 g/mol. The summed E-state index contributed by atoms with van der Waals surface area (Å²) in [5.41, 5.74) is -1.32. The molecule has 3 aromatic carbocycles. The van der Waals surface area contributed by atoms with E-state index in [4.69, 9.17) is 0 Å². The van der Waals surface area contributed by atoms with Crippen LogP contribution in [0.5, 0.6) is 11.5 Å². The van der Waals surface area contributed by atoms with E-state index in [1.807, 2.05) is 0 Å². The number of hydrogen-bond acceptors (Lipinski definition) is 2. The van der Waals surface area contributed by atoms with Crippen molar-refractivity contribution in [2.24, 2.45) is 0 Å². The third kappa shape index (κ3) is 4.14. The van der Waals surface area contributed by atoms with Gasteiger partial charge in [-0.05, 0) is 18.2 Å². The Kier molecular flexibility index (Phi) is 6.43. The van der Waals surface area contributed by atoms with E-state index in [1.54, 1.807) is 0 Å². The van der Waals surface area contributed by atoms with Gasteiger partial charge in [0.2, 0.25) is 58.2 Å². The Bertz CT molecular complexity index is 1140. The van der Waals surface area contributed by atoms with E-state index in [0.717, 1.165) is 0 Å². The smallest absolute Gasteiger partial charge is 0.518 e. The molecule has 0 unspecified atom stereocenters. The number of benzene rings is 3. The van der Waals surface area contributed by atoms with Crippen LogP contribution in [0.25, 0.3) is 0 Å². The fourth-order valence-electron chi connectivity index (χ4n) is 2.44. The van der Waals surface area contributed by atoms with E-state index >= 15 is 0 Å². The second kappa shape index (κ2) is 8.79. The summed E-state index contributed by atoms with van der Waals surface area (Å²) in [7, 11) is -3.03. The first-order valence-corrected chi connectivity index (χ1v) is 8.17. The highest BCUT2D eigenvalue weighted by Crippen LogP contribution is 2.32. The molecule has 0 aliphatic heterocycles. The fraction of sp³-hybridized carbons (Fsp3) is 0. The van der Waals surface area contributed by atoms with E-state index in [-0.39, 0.29) is 6.07 Å². The molecule has 0 aromatic heterocycles.